The Morgan fingerprint density at radius 3 is 2.11 bits per heavy atom. The second-order valence-electron chi connectivity index (χ2n) is 7.56. The Morgan fingerprint density at radius 2 is 1.54 bits per heavy atom. The molecule has 1 fully saturated rings. The highest BCUT2D eigenvalue weighted by Crippen LogP contribution is 2.39. The van der Waals surface area contributed by atoms with E-state index in [0.717, 1.165) is 6.42 Å². The van der Waals surface area contributed by atoms with E-state index in [1.54, 1.807) is 19.1 Å². The summed E-state index contributed by atoms with van der Waals surface area (Å²) in [6.45, 7) is 4.04. The number of hydrogen-bond donors (Lipinski definition) is 0. The van der Waals surface area contributed by atoms with E-state index in [1.807, 2.05) is 24.1 Å². The molecule has 0 bridgehead atoms. The molecule has 1 aliphatic carbocycles. The number of rotatable bonds is 2. The van der Waals surface area contributed by atoms with Crippen LogP contribution >= 0.6 is 23.2 Å². The van der Waals surface area contributed by atoms with Gasteiger partial charge < -0.3 is 4.90 Å². The molecule has 2 atom stereocenters. The molecule has 28 heavy (non-hydrogen) atoms. The smallest absolute Gasteiger partial charge is 0.219 e. The monoisotopic (exact) mass is 418 g/mol. The predicted molar refractivity (Wildman–Crippen MR) is 117 cm³/mol. The van der Waals surface area contributed by atoms with E-state index in [4.69, 9.17) is 23.2 Å². The number of nitrogens with zero attached hydrogens (tertiary/aromatic N) is 2. The van der Waals surface area contributed by atoms with Gasteiger partial charge in [0.15, 0.2) is 0 Å². The molecule has 0 saturated carbocycles. The van der Waals surface area contributed by atoms with E-state index < -0.39 is 0 Å². The Kier molecular flexibility index (Phi) is 7.39. The van der Waals surface area contributed by atoms with Gasteiger partial charge in [0.1, 0.15) is 0 Å². The Hall–Kier alpha value is -1.55. The van der Waals surface area contributed by atoms with Crippen molar-refractivity contribution in [3.8, 4) is 0 Å². The average Bonchev–Trinajstić information content (AvgIpc) is 3.10. The first-order chi connectivity index (χ1) is 13.5. The summed E-state index contributed by atoms with van der Waals surface area (Å²) in [5, 5.41) is 1.21. The third-order valence-electron chi connectivity index (χ3n) is 5.77. The molecule has 0 radical (unpaired) electrons. The maximum Gasteiger partial charge on any atom is 0.219 e. The number of carbonyl (C=O) groups excluding carboxylic acids is 1. The van der Waals surface area contributed by atoms with Crippen molar-refractivity contribution < 1.29 is 4.79 Å². The molecule has 1 aliphatic heterocycles. The first-order valence-electron chi connectivity index (χ1n) is 9.94. The number of halogens is 2. The molecule has 150 valence electrons. The second kappa shape index (κ2) is 9.78. The molecule has 2 aromatic carbocycles. The zero-order valence-corrected chi connectivity index (χ0v) is 18.1. The molecule has 1 amide bonds. The van der Waals surface area contributed by atoms with Crippen LogP contribution in [-0.4, -0.2) is 41.9 Å². The number of amides is 1. The van der Waals surface area contributed by atoms with Crippen LogP contribution < -0.4 is 0 Å². The van der Waals surface area contributed by atoms with Gasteiger partial charge in [-0.05, 0) is 55.6 Å². The van der Waals surface area contributed by atoms with Crippen molar-refractivity contribution in [3.05, 3.63) is 69.7 Å². The summed E-state index contributed by atoms with van der Waals surface area (Å²) in [6, 6.07) is 16.5. The molecule has 5 heteroatoms. The van der Waals surface area contributed by atoms with Crippen LogP contribution in [0.4, 0.5) is 0 Å². The van der Waals surface area contributed by atoms with Crippen molar-refractivity contribution in [3.63, 3.8) is 0 Å². The summed E-state index contributed by atoms with van der Waals surface area (Å²) >= 11 is 11.2. The van der Waals surface area contributed by atoms with Crippen LogP contribution in [0.5, 0.6) is 0 Å². The minimum atomic E-state index is 0.161. The summed E-state index contributed by atoms with van der Waals surface area (Å²) in [7, 11) is 1.95. The van der Waals surface area contributed by atoms with Crippen LogP contribution in [0.15, 0.2) is 48.5 Å². The standard InChI is InChI=1S/C17H24N2O.C6H4Cl2/c1-13(20)18(2)17-15-9-5-4-8-14(15)12-16(17)19-10-6-3-7-11-19;7-5-3-1-2-4-6(5)8/h4-5,8-9,16-17H,3,6-7,10-12H2,1-2H3;1-4H. The van der Waals surface area contributed by atoms with Crippen LogP contribution in [0.3, 0.4) is 0 Å². The van der Waals surface area contributed by atoms with E-state index in [-0.39, 0.29) is 11.9 Å². The molecule has 0 N–H and O–H groups in total. The fourth-order valence-corrected chi connectivity index (χ4v) is 4.51. The lowest BCUT2D eigenvalue weighted by Crippen LogP contribution is -2.46. The third-order valence-corrected chi connectivity index (χ3v) is 6.52. The zero-order chi connectivity index (χ0) is 20.1. The number of hydrogen-bond acceptors (Lipinski definition) is 2. The topological polar surface area (TPSA) is 23.6 Å². The van der Waals surface area contributed by atoms with Crippen molar-refractivity contribution >= 4 is 29.1 Å². The summed E-state index contributed by atoms with van der Waals surface area (Å²) in [6.07, 6.45) is 5.02. The number of piperidine rings is 1. The Labute approximate surface area is 178 Å². The summed E-state index contributed by atoms with van der Waals surface area (Å²) in [5.41, 5.74) is 2.77. The Bertz CT molecular complexity index is 784. The van der Waals surface area contributed by atoms with Crippen LogP contribution in [0.25, 0.3) is 0 Å². The Balaban J connectivity index is 0.000000236. The molecule has 4 rings (SSSR count). The van der Waals surface area contributed by atoms with Crippen molar-refractivity contribution in [2.75, 3.05) is 20.1 Å². The molecule has 2 aliphatic rings. The molecule has 3 nitrogen and oxygen atoms in total. The van der Waals surface area contributed by atoms with Crippen molar-refractivity contribution in [2.24, 2.45) is 0 Å². The number of carbonyl (C=O) groups is 1. The second-order valence-corrected chi connectivity index (χ2v) is 8.37. The van der Waals surface area contributed by atoms with Gasteiger partial charge in [0.25, 0.3) is 0 Å². The van der Waals surface area contributed by atoms with Gasteiger partial charge in [-0.3, -0.25) is 9.69 Å². The van der Waals surface area contributed by atoms with Gasteiger partial charge in [-0.1, -0.05) is 66.0 Å². The molecular weight excluding hydrogens is 391 g/mol. The maximum atomic E-state index is 11.9. The van der Waals surface area contributed by atoms with Gasteiger partial charge in [-0.25, -0.2) is 0 Å². The number of fused-ring (bicyclic) bond motifs is 1. The number of benzene rings is 2. The van der Waals surface area contributed by atoms with Gasteiger partial charge >= 0.3 is 0 Å². The van der Waals surface area contributed by atoms with E-state index in [9.17, 15) is 4.79 Å². The lowest BCUT2D eigenvalue weighted by Gasteiger charge is -2.39. The largest absolute Gasteiger partial charge is 0.337 e. The van der Waals surface area contributed by atoms with Gasteiger partial charge in [-0.15, -0.1) is 0 Å². The fourth-order valence-electron chi connectivity index (χ4n) is 4.23. The number of likely N-dealkylation sites (N-methyl/N-ethyl adjacent to an activating group) is 1. The zero-order valence-electron chi connectivity index (χ0n) is 16.6. The van der Waals surface area contributed by atoms with E-state index in [0.29, 0.717) is 16.1 Å². The summed E-state index contributed by atoms with van der Waals surface area (Å²) in [5.74, 6) is 0.161. The summed E-state index contributed by atoms with van der Waals surface area (Å²) < 4.78 is 0. The molecule has 0 aromatic heterocycles. The minimum absolute atomic E-state index is 0.161. The highest BCUT2D eigenvalue weighted by molar-refractivity contribution is 6.41. The number of likely N-dealkylation sites (tertiary alicyclic amines) is 1. The van der Waals surface area contributed by atoms with E-state index in [1.165, 1.54) is 43.5 Å². The quantitative estimate of drug-likeness (QED) is 0.632. The lowest BCUT2D eigenvalue weighted by molar-refractivity contribution is -0.131. The van der Waals surface area contributed by atoms with Crippen LogP contribution in [0, 0.1) is 0 Å². The molecular formula is C23H28Cl2N2O. The lowest BCUT2D eigenvalue weighted by atomic mass is 10.0. The molecule has 2 unspecified atom stereocenters. The first kappa shape index (κ1) is 21.2. The van der Waals surface area contributed by atoms with Crippen LogP contribution in [-0.2, 0) is 11.2 Å². The van der Waals surface area contributed by atoms with Gasteiger partial charge in [0, 0.05) is 20.0 Å². The van der Waals surface area contributed by atoms with E-state index >= 15 is 0 Å². The van der Waals surface area contributed by atoms with Crippen molar-refractivity contribution in [1.29, 1.82) is 0 Å². The predicted octanol–water partition coefficient (Wildman–Crippen LogP) is 5.61. The Morgan fingerprint density at radius 1 is 0.964 bits per heavy atom. The average molecular weight is 419 g/mol. The molecule has 1 heterocycles. The summed E-state index contributed by atoms with van der Waals surface area (Å²) in [4.78, 5) is 16.4. The van der Waals surface area contributed by atoms with Crippen LogP contribution in [0.1, 0.15) is 43.4 Å². The minimum Gasteiger partial charge on any atom is -0.337 e. The molecule has 2 aromatic rings. The van der Waals surface area contributed by atoms with Crippen molar-refractivity contribution in [1.82, 2.24) is 9.80 Å². The normalized spacial score (nSPS) is 21.4. The van der Waals surface area contributed by atoms with Gasteiger partial charge in [0.2, 0.25) is 5.91 Å². The van der Waals surface area contributed by atoms with Crippen molar-refractivity contribution in [2.45, 2.75) is 44.7 Å². The highest BCUT2D eigenvalue weighted by Gasteiger charge is 2.39. The van der Waals surface area contributed by atoms with Crippen LogP contribution in [0.2, 0.25) is 10.0 Å². The van der Waals surface area contributed by atoms with Gasteiger partial charge in [-0.2, -0.15) is 0 Å². The third kappa shape index (κ3) is 4.89. The molecule has 0 spiro atoms. The SMILES string of the molecule is CC(=O)N(C)C1c2ccccc2CC1N1CCCCC1.Clc1ccccc1Cl. The van der Waals surface area contributed by atoms with E-state index in [2.05, 4.69) is 29.2 Å². The fraction of sp³-hybridized carbons (Fsp3) is 0.435. The van der Waals surface area contributed by atoms with Gasteiger partial charge in [0.05, 0.1) is 16.1 Å². The maximum absolute atomic E-state index is 11.9. The highest BCUT2D eigenvalue weighted by atomic mass is 35.5. The first-order valence-corrected chi connectivity index (χ1v) is 10.7. The molecule has 1 saturated heterocycles.